The Morgan fingerprint density at radius 2 is 1.84 bits per heavy atom. The van der Waals surface area contributed by atoms with Crippen LogP contribution in [0.25, 0.3) is 22.4 Å². The van der Waals surface area contributed by atoms with E-state index in [2.05, 4.69) is 10.2 Å². The largest absolute Gasteiger partial charge is 0.497 e. The van der Waals surface area contributed by atoms with Crippen LogP contribution in [0.5, 0.6) is 5.75 Å². The minimum absolute atomic E-state index is 0.0981. The Balaban J connectivity index is 1.88. The number of ether oxygens (including phenoxy) is 1. The molecule has 4 aromatic rings. The van der Waals surface area contributed by atoms with E-state index in [4.69, 9.17) is 4.74 Å². The Kier molecular flexibility index (Phi) is 3.82. The first-order chi connectivity index (χ1) is 12.2. The smallest absolute Gasteiger partial charge is 0.276 e. The van der Waals surface area contributed by atoms with Gasteiger partial charge in [0, 0.05) is 5.56 Å². The van der Waals surface area contributed by atoms with Crippen LogP contribution in [0, 0.1) is 6.92 Å². The van der Waals surface area contributed by atoms with Gasteiger partial charge >= 0.3 is 0 Å². The number of rotatable bonds is 3. The number of nitrogens with zero attached hydrogens (tertiary/aromatic N) is 3. The monoisotopic (exact) mass is 349 g/mol. The molecule has 0 bridgehead atoms. The van der Waals surface area contributed by atoms with E-state index in [1.165, 1.54) is 11.3 Å². The van der Waals surface area contributed by atoms with E-state index in [9.17, 15) is 4.79 Å². The number of thiazole rings is 1. The molecule has 124 valence electrons. The second-order valence-electron chi connectivity index (χ2n) is 5.65. The molecule has 0 aliphatic rings. The predicted octanol–water partition coefficient (Wildman–Crippen LogP) is 2.68. The molecule has 0 saturated heterocycles. The topological polar surface area (TPSA) is 56.5 Å². The Bertz CT molecular complexity index is 1160. The molecule has 2 heterocycles. The fourth-order valence-corrected chi connectivity index (χ4v) is 3.62. The Hall–Kier alpha value is -2.99. The maximum atomic E-state index is 12.9. The Labute approximate surface area is 147 Å². The third-order valence-electron chi connectivity index (χ3n) is 4.05. The fourth-order valence-electron chi connectivity index (χ4n) is 2.71. The van der Waals surface area contributed by atoms with Gasteiger partial charge in [-0.1, -0.05) is 47.7 Å². The normalized spacial score (nSPS) is 12.0. The molecule has 0 atom stereocenters. The lowest BCUT2D eigenvalue weighted by Crippen LogP contribution is -2.23. The maximum absolute atomic E-state index is 12.9. The van der Waals surface area contributed by atoms with Gasteiger partial charge in [0.05, 0.1) is 11.6 Å². The number of aromatic nitrogens is 3. The molecule has 5 nitrogen and oxygen atoms in total. The van der Waals surface area contributed by atoms with Gasteiger partial charge in [-0.25, -0.2) is 4.40 Å². The second-order valence-corrected chi connectivity index (χ2v) is 6.65. The second kappa shape index (κ2) is 6.14. The van der Waals surface area contributed by atoms with E-state index in [0.717, 1.165) is 22.4 Å². The molecule has 0 radical (unpaired) electrons. The highest BCUT2D eigenvalue weighted by Gasteiger charge is 2.15. The van der Waals surface area contributed by atoms with Crippen LogP contribution in [-0.2, 0) is 0 Å². The van der Waals surface area contributed by atoms with Gasteiger partial charge in [-0.05, 0) is 36.3 Å². The van der Waals surface area contributed by atoms with Crippen molar-refractivity contribution >= 4 is 22.4 Å². The summed E-state index contributed by atoms with van der Waals surface area (Å²) in [6.07, 6.45) is 1.86. The summed E-state index contributed by atoms with van der Waals surface area (Å²) in [5, 5.41) is 8.39. The number of benzene rings is 2. The molecule has 6 heteroatoms. The number of fused-ring (bicyclic) bond motifs is 1. The van der Waals surface area contributed by atoms with Gasteiger partial charge in [0.2, 0.25) is 4.96 Å². The van der Waals surface area contributed by atoms with Gasteiger partial charge in [-0.3, -0.25) is 4.79 Å². The van der Waals surface area contributed by atoms with Crippen LogP contribution in [-0.4, -0.2) is 21.7 Å². The summed E-state index contributed by atoms with van der Waals surface area (Å²) in [6, 6.07) is 15.4. The van der Waals surface area contributed by atoms with Gasteiger partial charge in [0.15, 0.2) is 5.82 Å². The molecule has 0 N–H and O–H groups in total. The van der Waals surface area contributed by atoms with E-state index in [1.807, 2.05) is 61.5 Å². The molecule has 2 aromatic carbocycles. The molecule has 0 unspecified atom stereocenters. The van der Waals surface area contributed by atoms with Crippen molar-refractivity contribution in [3.63, 3.8) is 0 Å². The molecule has 25 heavy (non-hydrogen) atoms. The number of methoxy groups -OCH3 is 1. The standard InChI is InChI=1S/C19H15N3O2S/c1-12-5-3-4-6-15(12)17-20-21-19-22(17)18(23)16(25-19)11-13-7-9-14(24-2)10-8-13/h3-11H,1-2H3/b16-11-. The highest BCUT2D eigenvalue weighted by Crippen LogP contribution is 2.21. The van der Waals surface area contributed by atoms with Crippen LogP contribution in [0.15, 0.2) is 53.3 Å². The van der Waals surface area contributed by atoms with Crippen molar-refractivity contribution in [1.82, 2.24) is 14.6 Å². The third kappa shape index (κ3) is 2.70. The van der Waals surface area contributed by atoms with Crippen molar-refractivity contribution in [3.05, 3.63) is 74.5 Å². The third-order valence-corrected chi connectivity index (χ3v) is 5.01. The minimum atomic E-state index is -0.0981. The summed E-state index contributed by atoms with van der Waals surface area (Å²) in [4.78, 5) is 13.5. The Morgan fingerprint density at radius 3 is 2.56 bits per heavy atom. The summed E-state index contributed by atoms with van der Waals surface area (Å²) in [6.45, 7) is 2.00. The summed E-state index contributed by atoms with van der Waals surface area (Å²) in [5.74, 6) is 1.37. The summed E-state index contributed by atoms with van der Waals surface area (Å²) in [5.41, 5.74) is 2.82. The first-order valence-electron chi connectivity index (χ1n) is 7.77. The summed E-state index contributed by atoms with van der Waals surface area (Å²) >= 11 is 1.34. The molecule has 0 spiro atoms. The molecule has 0 fully saturated rings. The summed E-state index contributed by atoms with van der Waals surface area (Å²) in [7, 11) is 1.63. The van der Waals surface area contributed by atoms with Crippen LogP contribution in [0.4, 0.5) is 0 Å². The number of aryl methyl sites for hydroxylation is 1. The van der Waals surface area contributed by atoms with Crippen LogP contribution in [0.1, 0.15) is 11.1 Å². The highest BCUT2D eigenvalue weighted by atomic mass is 32.1. The molecule has 0 aliphatic carbocycles. The van der Waals surface area contributed by atoms with E-state index in [0.29, 0.717) is 15.3 Å². The molecule has 4 rings (SSSR count). The fraction of sp³-hybridized carbons (Fsp3) is 0.105. The first-order valence-corrected chi connectivity index (χ1v) is 8.59. The highest BCUT2D eigenvalue weighted by molar-refractivity contribution is 7.15. The minimum Gasteiger partial charge on any atom is -0.497 e. The van der Waals surface area contributed by atoms with Crippen molar-refractivity contribution in [1.29, 1.82) is 0 Å². The summed E-state index contributed by atoms with van der Waals surface area (Å²) < 4.78 is 7.37. The van der Waals surface area contributed by atoms with Crippen LogP contribution >= 0.6 is 11.3 Å². The SMILES string of the molecule is COc1ccc(/C=c2\sc3nnc(-c4ccccc4C)n3c2=O)cc1. The van der Waals surface area contributed by atoms with Crippen molar-refractivity contribution in [2.24, 2.45) is 0 Å². The predicted molar refractivity (Wildman–Crippen MR) is 99.1 cm³/mol. The van der Waals surface area contributed by atoms with E-state index in [1.54, 1.807) is 11.5 Å². The van der Waals surface area contributed by atoms with Crippen molar-refractivity contribution < 1.29 is 4.74 Å². The van der Waals surface area contributed by atoms with Gasteiger partial charge in [-0.15, -0.1) is 10.2 Å². The van der Waals surface area contributed by atoms with Gasteiger partial charge < -0.3 is 4.74 Å². The lowest BCUT2D eigenvalue weighted by molar-refractivity contribution is 0.415. The molecular formula is C19H15N3O2S. The van der Waals surface area contributed by atoms with Crippen molar-refractivity contribution in [3.8, 4) is 17.1 Å². The molecule has 0 saturated carbocycles. The quantitative estimate of drug-likeness (QED) is 0.571. The molecule has 2 aromatic heterocycles. The van der Waals surface area contributed by atoms with Crippen LogP contribution in [0.3, 0.4) is 0 Å². The Morgan fingerprint density at radius 1 is 1.08 bits per heavy atom. The van der Waals surface area contributed by atoms with Gasteiger partial charge in [0.1, 0.15) is 5.75 Å². The lowest BCUT2D eigenvalue weighted by atomic mass is 10.1. The zero-order chi connectivity index (χ0) is 17.4. The zero-order valence-electron chi connectivity index (χ0n) is 13.8. The van der Waals surface area contributed by atoms with Crippen molar-refractivity contribution in [2.45, 2.75) is 6.92 Å². The molecular weight excluding hydrogens is 334 g/mol. The average molecular weight is 349 g/mol. The molecule has 0 amide bonds. The van der Waals surface area contributed by atoms with Crippen LogP contribution in [0.2, 0.25) is 0 Å². The number of hydrogen-bond acceptors (Lipinski definition) is 5. The van der Waals surface area contributed by atoms with Crippen LogP contribution < -0.4 is 14.8 Å². The van der Waals surface area contributed by atoms with Crippen molar-refractivity contribution in [2.75, 3.05) is 7.11 Å². The first kappa shape index (κ1) is 15.5. The molecule has 0 aliphatic heterocycles. The number of hydrogen-bond donors (Lipinski definition) is 0. The average Bonchev–Trinajstić information content (AvgIpc) is 3.17. The van der Waals surface area contributed by atoms with E-state index >= 15 is 0 Å². The van der Waals surface area contributed by atoms with Gasteiger partial charge in [0.25, 0.3) is 5.56 Å². The maximum Gasteiger partial charge on any atom is 0.276 e. The zero-order valence-corrected chi connectivity index (χ0v) is 14.6. The lowest BCUT2D eigenvalue weighted by Gasteiger charge is -2.01. The van der Waals surface area contributed by atoms with E-state index in [-0.39, 0.29) is 5.56 Å². The van der Waals surface area contributed by atoms with E-state index < -0.39 is 0 Å². The van der Waals surface area contributed by atoms with Gasteiger partial charge in [-0.2, -0.15) is 0 Å².